The van der Waals surface area contributed by atoms with Gasteiger partial charge in [-0.2, -0.15) is 0 Å². The van der Waals surface area contributed by atoms with Crippen molar-refractivity contribution in [2.45, 2.75) is 43.4 Å². The minimum absolute atomic E-state index is 0.0638. The van der Waals surface area contributed by atoms with Crippen LogP contribution in [0.15, 0.2) is 72.8 Å². The Morgan fingerprint density at radius 3 is 2.37 bits per heavy atom. The molecule has 1 N–H and O–H groups in total. The normalized spacial score (nSPS) is 17.7. The van der Waals surface area contributed by atoms with E-state index in [2.05, 4.69) is 0 Å². The van der Waals surface area contributed by atoms with Crippen molar-refractivity contribution in [2.24, 2.45) is 5.92 Å². The fourth-order valence-corrected chi connectivity index (χ4v) is 4.90. The average Bonchev–Trinajstić information content (AvgIpc) is 3.71. The predicted octanol–water partition coefficient (Wildman–Crippen LogP) is 6.42. The lowest BCUT2D eigenvalue weighted by Crippen LogP contribution is -2.61. The number of para-hydroxylation sites is 1. The molecule has 7 heteroatoms. The van der Waals surface area contributed by atoms with Crippen molar-refractivity contribution < 1.29 is 28.2 Å². The highest BCUT2D eigenvalue weighted by molar-refractivity contribution is 6.30. The average molecular weight is 501 g/mol. The number of ether oxygens (including phenoxy) is 2. The number of hydrogen-bond acceptors (Lipinski definition) is 4. The largest absolute Gasteiger partial charge is 0.467 e. The van der Waals surface area contributed by atoms with Crippen molar-refractivity contribution in [1.82, 2.24) is 0 Å². The molecule has 3 atom stereocenters. The Labute approximate surface area is 208 Å². The van der Waals surface area contributed by atoms with Crippen molar-refractivity contribution in [3.05, 3.63) is 94.8 Å². The Kier molecular flexibility index (Phi) is 7.15. The molecule has 2 unspecified atom stereocenters. The summed E-state index contributed by atoms with van der Waals surface area (Å²) in [5, 5.41) is 11.7. The number of esters is 1. The Bertz CT molecular complexity index is 1180. The number of carbonyl (C=O) groups is 1. The smallest absolute Gasteiger partial charge is 0.347 e. The van der Waals surface area contributed by atoms with Crippen molar-refractivity contribution in [3.63, 3.8) is 0 Å². The quantitative estimate of drug-likeness (QED) is 0.344. The van der Waals surface area contributed by atoms with E-state index in [1.54, 1.807) is 61.5 Å². The summed E-state index contributed by atoms with van der Waals surface area (Å²) in [6.45, 7) is 1.64. The Morgan fingerprint density at radius 2 is 1.77 bits per heavy atom. The van der Waals surface area contributed by atoms with Crippen LogP contribution in [0.2, 0.25) is 5.02 Å². The third-order valence-electron chi connectivity index (χ3n) is 6.93. The van der Waals surface area contributed by atoms with Crippen LogP contribution in [0.25, 0.3) is 0 Å². The molecule has 1 aliphatic rings. The SMILES string of the molecule is COC(=O)C(F)(C(O)Cc1ccc(F)c(Oc2ccccc2)c1)[C@](C)(c1ccc(Cl)cc1)C1CC1. The van der Waals surface area contributed by atoms with Gasteiger partial charge in [-0.15, -0.1) is 0 Å². The maximum absolute atomic E-state index is 17.1. The highest BCUT2D eigenvalue weighted by Crippen LogP contribution is 2.56. The van der Waals surface area contributed by atoms with Gasteiger partial charge in [0.25, 0.3) is 0 Å². The number of benzene rings is 3. The van der Waals surface area contributed by atoms with E-state index < -0.39 is 29.0 Å². The summed E-state index contributed by atoms with van der Waals surface area (Å²) in [7, 11) is 1.10. The van der Waals surface area contributed by atoms with Crippen molar-refractivity contribution >= 4 is 17.6 Å². The molecule has 4 rings (SSSR count). The molecule has 1 aliphatic carbocycles. The molecule has 1 fully saturated rings. The summed E-state index contributed by atoms with van der Waals surface area (Å²) >= 11 is 6.04. The molecule has 184 valence electrons. The second-order valence-electron chi connectivity index (χ2n) is 9.09. The van der Waals surface area contributed by atoms with Crippen molar-refractivity contribution in [3.8, 4) is 11.5 Å². The van der Waals surface area contributed by atoms with Crippen LogP contribution in [-0.4, -0.2) is 30.0 Å². The first-order valence-corrected chi connectivity index (χ1v) is 11.8. The monoisotopic (exact) mass is 500 g/mol. The predicted molar refractivity (Wildman–Crippen MR) is 130 cm³/mol. The molecule has 3 aromatic carbocycles. The summed E-state index contributed by atoms with van der Waals surface area (Å²) in [4.78, 5) is 13.0. The minimum atomic E-state index is -2.77. The van der Waals surface area contributed by atoms with Gasteiger partial charge in [-0.25, -0.2) is 13.6 Å². The summed E-state index contributed by atoms with van der Waals surface area (Å²) in [5.74, 6) is -1.56. The van der Waals surface area contributed by atoms with Crippen LogP contribution in [0.1, 0.15) is 30.9 Å². The molecular weight excluding hydrogens is 474 g/mol. The molecule has 0 saturated heterocycles. The summed E-state index contributed by atoms with van der Waals surface area (Å²) in [6.07, 6.45) is -0.612. The van der Waals surface area contributed by atoms with E-state index in [4.69, 9.17) is 21.1 Å². The third kappa shape index (κ3) is 4.78. The first kappa shape index (κ1) is 25.1. The fourth-order valence-electron chi connectivity index (χ4n) is 4.77. The van der Waals surface area contributed by atoms with Gasteiger partial charge < -0.3 is 14.6 Å². The van der Waals surface area contributed by atoms with Gasteiger partial charge in [0, 0.05) is 16.9 Å². The van der Waals surface area contributed by atoms with E-state index in [1.807, 2.05) is 0 Å². The first-order valence-electron chi connectivity index (χ1n) is 11.4. The number of aliphatic hydroxyl groups excluding tert-OH is 1. The Balaban J connectivity index is 1.69. The number of aliphatic hydroxyl groups is 1. The lowest BCUT2D eigenvalue weighted by Gasteiger charge is -2.44. The number of methoxy groups -OCH3 is 1. The maximum Gasteiger partial charge on any atom is 0.347 e. The molecule has 0 heterocycles. The fraction of sp³-hybridized carbons (Fsp3) is 0.321. The first-order chi connectivity index (χ1) is 16.7. The van der Waals surface area contributed by atoms with Crippen LogP contribution < -0.4 is 4.74 Å². The van der Waals surface area contributed by atoms with E-state index in [0.717, 1.165) is 7.11 Å². The third-order valence-corrected chi connectivity index (χ3v) is 7.18. The van der Waals surface area contributed by atoms with Gasteiger partial charge in [-0.1, -0.05) is 54.9 Å². The molecule has 1 saturated carbocycles. The zero-order valence-electron chi connectivity index (χ0n) is 19.5. The highest BCUT2D eigenvalue weighted by Gasteiger charge is 2.66. The van der Waals surface area contributed by atoms with E-state index in [9.17, 15) is 14.3 Å². The summed E-state index contributed by atoms with van der Waals surface area (Å²) < 4.78 is 42.0. The number of rotatable bonds is 9. The van der Waals surface area contributed by atoms with E-state index in [0.29, 0.717) is 34.7 Å². The molecule has 0 amide bonds. The van der Waals surface area contributed by atoms with E-state index in [-0.39, 0.29) is 18.1 Å². The number of alkyl halides is 1. The van der Waals surface area contributed by atoms with Crippen molar-refractivity contribution in [1.29, 1.82) is 0 Å². The molecule has 3 aromatic rings. The summed E-state index contributed by atoms with van der Waals surface area (Å²) in [5.41, 5.74) is -3.19. The van der Waals surface area contributed by atoms with Crippen LogP contribution in [0.5, 0.6) is 11.5 Å². The minimum Gasteiger partial charge on any atom is -0.467 e. The molecular formula is C28H27ClF2O4. The van der Waals surface area contributed by atoms with Gasteiger partial charge >= 0.3 is 5.97 Å². The molecule has 0 aliphatic heterocycles. The van der Waals surface area contributed by atoms with E-state index >= 15 is 4.39 Å². The van der Waals surface area contributed by atoms with Crippen LogP contribution in [0, 0.1) is 11.7 Å². The van der Waals surface area contributed by atoms with E-state index in [1.165, 1.54) is 18.2 Å². The highest BCUT2D eigenvalue weighted by atomic mass is 35.5. The second-order valence-corrected chi connectivity index (χ2v) is 9.52. The maximum atomic E-state index is 17.1. The van der Waals surface area contributed by atoms with Crippen LogP contribution in [0.4, 0.5) is 8.78 Å². The van der Waals surface area contributed by atoms with Gasteiger partial charge in [-0.3, -0.25) is 0 Å². The molecule has 35 heavy (non-hydrogen) atoms. The van der Waals surface area contributed by atoms with Gasteiger partial charge in [0.05, 0.1) is 7.11 Å². The number of carbonyl (C=O) groups excluding carboxylic acids is 1. The summed E-state index contributed by atoms with van der Waals surface area (Å²) in [6, 6.07) is 19.3. The zero-order chi connectivity index (χ0) is 25.2. The Hall–Kier alpha value is -2.96. The van der Waals surface area contributed by atoms with Crippen LogP contribution in [-0.2, 0) is 21.4 Å². The van der Waals surface area contributed by atoms with Gasteiger partial charge in [0.2, 0.25) is 5.67 Å². The molecule has 0 aromatic heterocycles. The Morgan fingerprint density at radius 1 is 1.11 bits per heavy atom. The molecule has 4 nitrogen and oxygen atoms in total. The number of halogens is 3. The molecule has 0 spiro atoms. The van der Waals surface area contributed by atoms with Gasteiger partial charge in [-0.05, 0) is 66.3 Å². The second kappa shape index (κ2) is 9.96. The van der Waals surface area contributed by atoms with Crippen molar-refractivity contribution in [2.75, 3.05) is 7.11 Å². The zero-order valence-corrected chi connectivity index (χ0v) is 20.3. The van der Waals surface area contributed by atoms with Crippen LogP contribution in [0.3, 0.4) is 0 Å². The molecule has 0 bridgehead atoms. The topological polar surface area (TPSA) is 55.8 Å². The standard InChI is InChI=1S/C28H27ClF2O4/c1-27(19-9-10-19,20-11-13-21(29)14-12-20)28(31,26(33)34-2)25(32)17-18-8-15-23(30)24(16-18)35-22-6-4-3-5-7-22/h3-8,11-16,19,25,32H,9-10,17H2,1-2H3/t25?,27-,28?/m0/s1. The van der Waals surface area contributed by atoms with Gasteiger partial charge in [0.1, 0.15) is 11.9 Å². The van der Waals surface area contributed by atoms with Crippen LogP contribution >= 0.6 is 11.6 Å². The lowest BCUT2D eigenvalue weighted by molar-refractivity contribution is -0.173. The molecule has 0 radical (unpaired) electrons. The van der Waals surface area contributed by atoms with Gasteiger partial charge in [0.15, 0.2) is 11.6 Å². The number of hydrogen-bond donors (Lipinski definition) is 1. The lowest BCUT2D eigenvalue weighted by atomic mass is 9.63.